The summed E-state index contributed by atoms with van der Waals surface area (Å²) in [5.41, 5.74) is 1.42. The number of methoxy groups -OCH3 is 1. The molecular formula is C25H23F3N4O7S. The van der Waals surface area contributed by atoms with E-state index in [1.165, 1.54) is 25.5 Å². The van der Waals surface area contributed by atoms with Gasteiger partial charge in [-0.05, 0) is 52.2 Å². The van der Waals surface area contributed by atoms with Gasteiger partial charge in [0.05, 0.1) is 31.2 Å². The van der Waals surface area contributed by atoms with Crippen LogP contribution in [-0.2, 0) is 31.0 Å². The second-order valence-electron chi connectivity index (χ2n) is 8.40. The van der Waals surface area contributed by atoms with Gasteiger partial charge in [0.15, 0.2) is 0 Å². The molecule has 0 bridgehead atoms. The number of nitrogens with zero attached hydrogens (tertiary/aromatic N) is 2. The zero-order valence-corrected chi connectivity index (χ0v) is 21.6. The van der Waals surface area contributed by atoms with Crippen molar-refractivity contribution in [3.05, 3.63) is 71.8 Å². The van der Waals surface area contributed by atoms with Crippen molar-refractivity contribution in [1.82, 2.24) is 9.62 Å². The Morgan fingerprint density at radius 1 is 1.15 bits per heavy atom. The number of carboxylic acids is 1. The van der Waals surface area contributed by atoms with Crippen LogP contribution in [0, 0.1) is 0 Å². The van der Waals surface area contributed by atoms with Crippen molar-refractivity contribution >= 4 is 44.8 Å². The molecule has 0 unspecified atom stereocenters. The molecular weight excluding hydrogens is 557 g/mol. The van der Waals surface area contributed by atoms with Crippen molar-refractivity contribution in [2.75, 3.05) is 7.11 Å². The van der Waals surface area contributed by atoms with Crippen LogP contribution in [0.4, 0.5) is 13.2 Å². The molecule has 1 heterocycles. The highest BCUT2D eigenvalue weighted by molar-refractivity contribution is 7.89. The number of nitrogens with two attached hydrogens (primary N) is 1. The Hall–Kier alpha value is -4.50. The van der Waals surface area contributed by atoms with Gasteiger partial charge in [0.1, 0.15) is 11.8 Å². The molecule has 1 saturated heterocycles. The lowest BCUT2D eigenvalue weighted by atomic mass is 10.1. The van der Waals surface area contributed by atoms with Gasteiger partial charge in [0.25, 0.3) is 0 Å². The maximum atomic E-state index is 13.0. The zero-order valence-electron chi connectivity index (χ0n) is 20.8. The topological polar surface area (TPSA) is 168 Å². The highest BCUT2D eigenvalue weighted by atomic mass is 32.2. The van der Waals surface area contributed by atoms with Crippen LogP contribution in [0.15, 0.2) is 70.7 Å². The smallest absolute Gasteiger partial charge is 0.490 e. The predicted molar refractivity (Wildman–Crippen MR) is 137 cm³/mol. The number of fused-ring (bicyclic) bond motifs is 1. The number of halogens is 3. The van der Waals surface area contributed by atoms with Gasteiger partial charge < -0.3 is 15.7 Å². The minimum atomic E-state index is -5.08. The number of benzene rings is 3. The van der Waals surface area contributed by atoms with Crippen LogP contribution < -0.4 is 15.3 Å². The summed E-state index contributed by atoms with van der Waals surface area (Å²) in [4.78, 5) is 35.3. The first kappa shape index (κ1) is 30.0. The van der Waals surface area contributed by atoms with Crippen LogP contribution >= 0.6 is 0 Å². The zero-order chi connectivity index (χ0) is 29.7. The Morgan fingerprint density at radius 3 is 2.45 bits per heavy atom. The van der Waals surface area contributed by atoms with E-state index in [-0.39, 0.29) is 17.9 Å². The van der Waals surface area contributed by atoms with Crippen LogP contribution in [0.2, 0.25) is 0 Å². The van der Waals surface area contributed by atoms with Crippen molar-refractivity contribution in [2.24, 2.45) is 10.9 Å². The highest BCUT2D eigenvalue weighted by Crippen LogP contribution is 2.25. The van der Waals surface area contributed by atoms with Crippen LogP contribution in [0.1, 0.15) is 17.5 Å². The predicted octanol–water partition coefficient (Wildman–Crippen LogP) is 2.38. The van der Waals surface area contributed by atoms with Crippen LogP contribution in [0.3, 0.4) is 0 Å². The average molecular weight is 581 g/mol. The normalized spacial score (nSPS) is 15.8. The van der Waals surface area contributed by atoms with Crippen LogP contribution in [0.5, 0.6) is 5.75 Å². The minimum Gasteiger partial charge on any atom is -0.497 e. The van der Waals surface area contributed by atoms with Crippen molar-refractivity contribution in [3.63, 3.8) is 0 Å². The molecule has 0 aliphatic carbocycles. The molecule has 3 aromatic rings. The number of amides is 2. The number of carboxylic acid groups (broad SMARTS) is 1. The highest BCUT2D eigenvalue weighted by Gasteiger charge is 2.41. The average Bonchev–Trinajstić information content (AvgIpc) is 3.15. The number of carbonyl (C=O) groups is 3. The van der Waals surface area contributed by atoms with E-state index in [4.69, 9.17) is 20.5 Å². The Balaban J connectivity index is 0.000000559. The molecule has 40 heavy (non-hydrogen) atoms. The number of carbonyl (C=O) groups excluding carboxylic acids is 2. The quantitative estimate of drug-likeness (QED) is 0.166. The summed E-state index contributed by atoms with van der Waals surface area (Å²) in [6.45, 7) is 0.0257. The third-order valence-corrected chi connectivity index (χ3v) is 7.10. The van der Waals surface area contributed by atoms with E-state index in [1.54, 1.807) is 42.5 Å². The molecule has 2 amide bonds. The SMILES string of the molecule is COc1ccc2ccc(S(=O)(=O)N[C@H]3CC(=O)N(Cc4cccc(C=NN)c4)C3=O)cc2c1.O=C(O)C(F)(F)F. The number of nitrogens with one attached hydrogen (secondary N) is 1. The number of hydrazone groups is 1. The van der Waals surface area contributed by atoms with Gasteiger partial charge in [-0.25, -0.2) is 13.2 Å². The first-order valence-corrected chi connectivity index (χ1v) is 12.8. The summed E-state index contributed by atoms with van der Waals surface area (Å²) in [5, 5.41) is 12.1. The molecule has 1 atom stereocenters. The number of rotatable bonds is 7. The van der Waals surface area contributed by atoms with Gasteiger partial charge in [-0.3, -0.25) is 14.5 Å². The number of hydrogen-bond donors (Lipinski definition) is 3. The molecule has 0 aromatic heterocycles. The summed E-state index contributed by atoms with van der Waals surface area (Å²) >= 11 is 0. The van der Waals surface area contributed by atoms with Crippen molar-refractivity contribution < 1.29 is 45.8 Å². The number of likely N-dealkylation sites (tertiary alicyclic amines) is 1. The van der Waals surface area contributed by atoms with E-state index >= 15 is 0 Å². The fourth-order valence-corrected chi connectivity index (χ4v) is 4.96. The van der Waals surface area contributed by atoms with Gasteiger partial charge >= 0.3 is 12.1 Å². The van der Waals surface area contributed by atoms with E-state index in [0.717, 1.165) is 15.8 Å². The van der Waals surface area contributed by atoms with Crippen LogP contribution in [-0.4, -0.2) is 61.8 Å². The number of sulfonamides is 1. The van der Waals surface area contributed by atoms with E-state index in [1.807, 2.05) is 6.07 Å². The number of alkyl halides is 3. The molecule has 1 aliphatic rings. The Bertz CT molecular complexity index is 1580. The lowest BCUT2D eigenvalue weighted by molar-refractivity contribution is -0.192. The fourth-order valence-electron chi connectivity index (χ4n) is 3.73. The first-order valence-electron chi connectivity index (χ1n) is 11.3. The van der Waals surface area contributed by atoms with E-state index < -0.39 is 40.0 Å². The van der Waals surface area contributed by atoms with Gasteiger partial charge in [-0.1, -0.05) is 30.3 Å². The second kappa shape index (κ2) is 12.1. The largest absolute Gasteiger partial charge is 0.497 e. The van der Waals surface area contributed by atoms with E-state index in [0.29, 0.717) is 16.7 Å². The summed E-state index contributed by atoms with van der Waals surface area (Å²) in [7, 11) is -2.52. The number of hydrogen-bond acceptors (Lipinski definition) is 8. The lowest BCUT2D eigenvalue weighted by Gasteiger charge is -2.16. The molecule has 0 saturated carbocycles. The molecule has 1 fully saturated rings. The maximum Gasteiger partial charge on any atom is 0.490 e. The minimum absolute atomic E-state index is 0.00396. The third kappa shape index (κ3) is 7.33. The molecule has 0 radical (unpaired) electrons. The standard InChI is InChI=1S/C23H22N4O5S.C2HF3O2/c1-32-19-7-5-17-6-8-20(11-18(17)10-19)33(30,31)26-21-12-22(28)27(23(21)29)14-16-4-2-3-15(9-16)13-25-24;3-2(4,5)1(6)7/h2-11,13,21,26H,12,14,24H2,1H3;(H,6,7)/t21-;/m0./s1. The third-order valence-electron chi connectivity index (χ3n) is 5.63. The summed E-state index contributed by atoms with van der Waals surface area (Å²) < 4.78 is 65.3. The monoisotopic (exact) mass is 580 g/mol. The molecule has 4 rings (SSSR count). The summed E-state index contributed by atoms with van der Waals surface area (Å²) in [6.07, 6.45) is -3.88. The molecule has 212 valence electrons. The van der Waals surface area contributed by atoms with E-state index in [9.17, 15) is 31.2 Å². The van der Waals surface area contributed by atoms with Gasteiger partial charge in [0, 0.05) is 0 Å². The Labute approximate surface area is 226 Å². The Kier molecular flexibility index (Phi) is 9.11. The number of imide groups is 1. The molecule has 0 spiro atoms. The van der Waals surface area contributed by atoms with Crippen molar-refractivity contribution in [1.29, 1.82) is 0 Å². The summed E-state index contributed by atoms with van der Waals surface area (Å²) in [5.74, 6) is 1.96. The number of aliphatic carboxylic acids is 1. The summed E-state index contributed by atoms with van der Waals surface area (Å²) in [6, 6.07) is 15.8. The number of ether oxygens (including phenoxy) is 1. The molecule has 15 heteroatoms. The first-order chi connectivity index (χ1) is 18.7. The van der Waals surface area contributed by atoms with Gasteiger partial charge in [-0.2, -0.15) is 23.0 Å². The van der Waals surface area contributed by atoms with Crippen molar-refractivity contribution in [3.8, 4) is 5.75 Å². The fraction of sp³-hybridized carbons (Fsp3) is 0.200. The van der Waals surface area contributed by atoms with Crippen LogP contribution in [0.25, 0.3) is 10.8 Å². The maximum absolute atomic E-state index is 13.0. The van der Waals surface area contributed by atoms with Crippen molar-refractivity contribution in [2.45, 2.75) is 30.1 Å². The molecule has 4 N–H and O–H groups in total. The molecule has 11 nitrogen and oxygen atoms in total. The lowest BCUT2D eigenvalue weighted by Crippen LogP contribution is -2.41. The Morgan fingerprint density at radius 2 is 1.82 bits per heavy atom. The van der Waals surface area contributed by atoms with Gasteiger partial charge in [-0.15, -0.1) is 0 Å². The molecule has 3 aromatic carbocycles. The van der Waals surface area contributed by atoms with E-state index in [2.05, 4.69) is 9.82 Å². The molecule has 1 aliphatic heterocycles. The van der Waals surface area contributed by atoms with Gasteiger partial charge in [0.2, 0.25) is 21.8 Å². The second-order valence-corrected chi connectivity index (χ2v) is 10.1.